The van der Waals surface area contributed by atoms with Crippen molar-refractivity contribution in [1.82, 2.24) is 9.97 Å². The number of aromatic amines is 2. The van der Waals surface area contributed by atoms with Crippen molar-refractivity contribution < 1.29 is 0 Å². The van der Waals surface area contributed by atoms with Crippen molar-refractivity contribution in [3.05, 3.63) is 57.3 Å². The molecule has 4 aromatic rings. The van der Waals surface area contributed by atoms with Crippen LogP contribution in [0.2, 0.25) is 0 Å². The number of nitrogens with one attached hydrogen (secondary N) is 2. The standard InChI is InChI=1S/C15H9BrN2O/c16-8-5-6-12-10(7-8)14-13(15(19)18-12)9-3-1-2-4-11(9)17-14/h1-7,17H,(H,18,19). The Morgan fingerprint density at radius 1 is 0.895 bits per heavy atom. The number of benzene rings is 2. The van der Waals surface area contributed by atoms with E-state index in [2.05, 4.69) is 25.9 Å². The Kier molecular flexibility index (Phi) is 2.11. The third kappa shape index (κ3) is 1.47. The summed E-state index contributed by atoms with van der Waals surface area (Å²) >= 11 is 3.47. The fourth-order valence-corrected chi connectivity index (χ4v) is 2.96. The maximum atomic E-state index is 12.3. The zero-order valence-electron chi connectivity index (χ0n) is 9.83. The Balaban J connectivity index is 2.39. The summed E-state index contributed by atoms with van der Waals surface area (Å²) in [6, 6.07) is 13.7. The number of halogens is 1. The average molecular weight is 313 g/mol. The fraction of sp³-hybridized carbons (Fsp3) is 0. The van der Waals surface area contributed by atoms with Crippen molar-refractivity contribution in [3.63, 3.8) is 0 Å². The SMILES string of the molecule is O=c1[nH]c2ccc(Br)cc2c2[nH]c3ccccc3c12. The molecule has 19 heavy (non-hydrogen) atoms. The highest BCUT2D eigenvalue weighted by Gasteiger charge is 2.11. The molecule has 4 heteroatoms. The van der Waals surface area contributed by atoms with Gasteiger partial charge in [0.05, 0.1) is 16.4 Å². The molecule has 0 aliphatic rings. The molecule has 0 fully saturated rings. The second-order valence-electron chi connectivity index (χ2n) is 4.56. The van der Waals surface area contributed by atoms with Crippen molar-refractivity contribution in [1.29, 1.82) is 0 Å². The minimum absolute atomic E-state index is 0.0535. The van der Waals surface area contributed by atoms with Gasteiger partial charge in [0.2, 0.25) is 0 Å². The van der Waals surface area contributed by atoms with Gasteiger partial charge in [0, 0.05) is 20.8 Å². The van der Waals surface area contributed by atoms with E-state index in [0.29, 0.717) is 0 Å². The van der Waals surface area contributed by atoms with Gasteiger partial charge in [-0.15, -0.1) is 0 Å². The second-order valence-corrected chi connectivity index (χ2v) is 5.48. The molecular formula is C15H9BrN2O. The molecule has 0 radical (unpaired) electrons. The largest absolute Gasteiger partial charge is 0.354 e. The number of hydrogen-bond donors (Lipinski definition) is 2. The Hall–Kier alpha value is -2.07. The van der Waals surface area contributed by atoms with Crippen LogP contribution < -0.4 is 5.56 Å². The average Bonchev–Trinajstić information content (AvgIpc) is 2.80. The van der Waals surface area contributed by atoms with E-state index in [1.54, 1.807) is 0 Å². The van der Waals surface area contributed by atoms with Gasteiger partial charge in [-0.3, -0.25) is 4.79 Å². The first-order valence-corrected chi connectivity index (χ1v) is 6.75. The predicted octanol–water partition coefficient (Wildman–Crippen LogP) is 3.93. The van der Waals surface area contributed by atoms with Crippen molar-refractivity contribution >= 4 is 48.6 Å². The molecule has 0 amide bonds. The summed E-state index contributed by atoms with van der Waals surface area (Å²) in [5, 5.41) is 2.70. The summed E-state index contributed by atoms with van der Waals surface area (Å²) in [6.45, 7) is 0. The van der Waals surface area contributed by atoms with Gasteiger partial charge in [-0.2, -0.15) is 0 Å². The molecule has 0 spiro atoms. The maximum absolute atomic E-state index is 12.3. The van der Waals surface area contributed by atoms with Crippen LogP contribution in [0.5, 0.6) is 0 Å². The van der Waals surface area contributed by atoms with Gasteiger partial charge in [0.25, 0.3) is 5.56 Å². The lowest BCUT2D eigenvalue weighted by atomic mass is 10.1. The lowest BCUT2D eigenvalue weighted by molar-refractivity contribution is 1.34. The van der Waals surface area contributed by atoms with Gasteiger partial charge < -0.3 is 9.97 Å². The van der Waals surface area contributed by atoms with Crippen LogP contribution in [-0.4, -0.2) is 9.97 Å². The number of para-hydroxylation sites is 1. The Labute approximate surface area is 116 Å². The highest BCUT2D eigenvalue weighted by atomic mass is 79.9. The van der Waals surface area contributed by atoms with Crippen molar-refractivity contribution in [3.8, 4) is 0 Å². The molecule has 4 rings (SSSR count). The van der Waals surface area contributed by atoms with Gasteiger partial charge >= 0.3 is 0 Å². The molecule has 3 nitrogen and oxygen atoms in total. The highest BCUT2D eigenvalue weighted by Crippen LogP contribution is 2.28. The molecule has 2 aromatic heterocycles. The molecule has 92 valence electrons. The fourth-order valence-electron chi connectivity index (χ4n) is 2.60. The Morgan fingerprint density at radius 2 is 1.68 bits per heavy atom. The lowest BCUT2D eigenvalue weighted by Gasteiger charge is -2.00. The summed E-state index contributed by atoms with van der Waals surface area (Å²) in [6.07, 6.45) is 0. The van der Waals surface area contributed by atoms with Crippen LogP contribution in [-0.2, 0) is 0 Å². The molecule has 0 aliphatic carbocycles. The van der Waals surface area contributed by atoms with Gasteiger partial charge in [-0.25, -0.2) is 0 Å². The first-order chi connectivity index (χ1) is 9.24. The third-order valence-electron chi connectivity index (χ3n) is 3.43. The summed E-state index contributed by atoms with van der Waals surface area (Å²) in [5.41, 5.74) is 2.66. The Morgan fingerprint density at radius 3 is 2.58 bits per heavy atom. The van der Waals surface area contributed by atoms with Gasteiger partial charge in [-0.05, 0) is 24.3 Å². The molecule has 2 aromatic carbocycles. The van der Waals surface area contributed by atoms with Crippen LogP contribution in [0.25, 0.3) is 32.7 Å². The van der Waals surface area contributed by atoms with E-state index in [1.165, 1.54) is 0 Å². The zero-order chi connectivity index (χ0) is 13.0. The van der Waals surface area contributed by atoms with Crippen LogP contribution in [0.1, 0.15) is 0 Å². The number of hydrogen-bond acceptors (Lipinski definition) is 1. The maximum Gasteiger partial charge on any atom is 0.258 e. The Bertz CT molecular complexity index is 997. The summed E-state index contributed by atoms with van der Waals surface area (Å²) in [5.74, 6) is 0. The number of aromatic nitrogens is 2. The van der Waals surface area contributed by atoms with Crippen LogP contribution in [0, 0.1) is 0 Å². The third-order valence-corrected chi connectivity index (χ3v) is 3.93. The van der Waals surface area contributed by atoms with Crippen molar-refractivity contribution in [2.45, 2.75) is 0 Å². The van der Waals surface area contributed by atoms with Crippen LogP contribution in [0.15, 0.2) is 51.7 Å². The highest BCUT2D eigenvalue weighted by molar-refractivity contribution is 9.10. The van der Waals surface area contributed by atoms with E-state index >= 15 is 0 Å². The number of fused-ring (bicyclic) bond motifs is 5. The van der Waals surface area contributed by atoms with E-state index in [1.807, 2.05) is 42.5 Å². The van der Waals surface area contributed by atoms with E-state index in [0.717, 1.165) is 37.2 Å². The first kappa shape index (κ1) is 10.8. The van der Waals surface area contributed by atoms with Crippen LogP contribution in [0.3, 0.4) is 0 Å². The smallest absolute Gasteiger partial charge is 0.258 e. The van der Waals surface area contributed by atoms with Crippen LogP contribution >= 0.6 is 15.9 Å². The lowest BCUT2D eigenvalue weighted by Crippen LogP contribution is -2.05. The second kappa shape index (κ2) is 3.71. The normalized spacial score (nSPS) is 11.6. The number of pyridine rings is 1. The van der Waals surface area contributed by atoms with E-state index in [9.17, 15) is 4.79 Å². The molecule has 2 heterocycles. The molecule has 0 bridgehead atoms. The van der Waals surface area contributed by atoms with Gasteiger partial charge in [0.15, 0.2) is 0 Å². The van der Waals surface area contributed by atoms with Gasteiger partial charge in [-0.1, -0.05) is 34.1 Å². The molecule has 0 unspecified atom stereocenters. The van der Waals surface area contributed by atoms with Crippen LogP contribution in [0.4, 0.5) is 0 Å². The minimum Gasteiger partial charge on any atom is -0.354 e. The minimum atomic E-state index is -0.0535. The van der Waals surface area contributed by atoms with Crippen molar-refractivity contribution in [2.75, 3.05) is 0 Å². The monoisotopic (exact) mass is 312 g/mol. The molecular weight excluding hydrogens is 304 g/mol. The van der Waals surface area contributed by atoms with E-state index in [4.69, 9.17) is 0 Å². The predicted molar refractivity (Wildman–Crippen MR) is 81.6 cm³/mol. The molecule has 0 atom stereocenters. The zero-order valence-corrected chi connectivity index (χ0v) is 11.4. The quantitative estimate of drug-likeness (QED) is 0.508. The summed E-state index contributed by atoms with van der Waals surface area (Å²) < 4.78 is 0.993. The summed E-state index contributed by atoms with van der Waals surface area (Å²) in [7, 11) is 0. The first-order valence-electron chi connectivity index (χ1n) is 5.96. The van der Waals surface area contributed by atoms with Crippen molar-refractivity contribution in [2.24, 2.45) is 0 Å². The van der Waals surface area contributed by atoms with E-state index < -0.39 is 0 Å². The molecule has 2 N–H and O–H groups in total. The van der Waals surface area contributed by atoms with Gasteiger partial charge in [0.1, 0.15) is 0 Å². The number of rotatable bonds is 0. The summed E-state index contributed by atoms with van der Waals surface area (Å²) in [4.78, 5) is 18.6. The molecule has 0 aliphatic heterocycles. The molecule has 0 saturated carbocycles. The van der Waals surface area contributed by atoms with E-state index in [-0.39, 0.29) is 5.56 Å². The number of H-pyrrole nitrogens is 2. The topological polar surface area (TPSA) is 48.6 Å². The molecule has 0 saturated heterocycles.